The van der Waals surface area contributed by atoms with E-state index in [2.05, 4.69) is 31.7 Å². The van der Waals surface area contributed by atoms with E-state index in [-0.39, 0.29) is 133 Å². The largest absolute Gasteiger partial charge is 1.00 e. The van der Waals surface area contributed by atoms with Crippen LogP contribution >= 0.6 is 0 Å². The number of ketones is 2. The van der Waals surface area contributed by atoms with Crippen molar-refractivity contribution in [2.45, 2.75) is 18.7 Å². The van der Waals surface area contributed by atoms with E-state index in [1.807, 2.05) is 0 Å². The Morgan fingerprint density at radius 3 is 1.81 bits per heavy atom. The number of carbonyl (C=O) groups is 3. The molecule has 0 spiro atoms. The molecule has 6 rings (SSSR count). The number of carbonyl (C=O) groups excluding carboxylic acids is 3. The van der Waals surface area contributed by atoms with Crippen LogP contribution in [-0.4, -0.2) is 67.9 Å². The summed E-state index contributed by atoms with van der Waals surface area (Å²) in [5.41, 5.74) is 5.21. The van der Waals surface area contributed by atoms with Crippen molar-refractivity contribution in [3.63, 3.8) is 0 Å². The molecule has 0 saturated heterocycles. The molecule has 2 aliphatic rings. The van der Waals surface area contributed by atoms with Crippen molar-refractivity contribution < 1.29 is 142 Å². The molecular weight excluding hydrogens is 862 g/mol. The first-order valence-corrected chi connectivity index (χ1v) is 20.0. The molecule has 2 aliphatic carbocycles. The topological polar surface area (TPSA) is 296 Å². The number of allylic oxidation sites excluding steroid dienone is 1. The zero-order chi connectivity index (χ0) is 40.7. The van der Waals surface area contributed by atoms with Crippen molar-refractivity contribution in [2.24, 2.45) is 10.2 Å². The maximum atomic E-state index is 13.3. The Hall–Kier alpha value is -3.36. The van der Waals surface area contributed by atoms with E-state index in [0.29, 0.717) is 5.69 Å². The molecule has 288 valence electrons. The Labute approximate surface area is 403 Å². The fourth-order valence-corrected chi connectivity index (χ4v) is 7.67. The SMILES string of the molecule is Cc1ccccc1N/N=C1/C(=O)c2ccc(NC(=O)Nc3ccc4c(c3)=CC(=O)/C(=N/Nc3ccc(S(=O)(=O)[O-])cc3C)C=4S(=O)(=O)[O-])cc2C=C1S(=O)(=O)[O-].[Na+].[Na+].[Na+]. The van der Waals surface area contributed by atoms with Gasteiger partial charge in [0.15, 0.2) is 0 Å². The Bertz CT molecular complexity index is 2990. The van der Waals surface area contributed by atoms with Gasteiger partial charge in [-0.1, -0.05) is 24.3 Å². The van der Waals surface area contributed by atoms with E-state index in [4.69, 9.17) is 0 Å². The van der Waals surface area contributed by atoms with Crippen molar-refractivity contribution in [2.75, 3.05) is 21.5 Å². The Balaban J connectivity index is 0.00000310. The molecule has 59 heavy (non-hydrogen) atoms. The van der Waals surface area contributed by atoms with Crippen LogP contribution in [0.3, 0.4) is 0 Å². The van der Waals surface area contributed by atoms with Crippen LogP contribution in [-0.2, 0) is 35.1 Å². The Kier molecular flexibility index (Phi) is 16.6. The molecule has 4 aromatic carbocycles. The number of hydrogen-bond acceptors (Lipinski definition) is 16. The third-order valence-corrected chi connectivity index (χ3v) is 10.9. The number of nitrogens with one attached hydrogen (secondary N) is 4. The number of nitrogens with zero attached hydrogens (tertiary/aromatic N) is 2. The average Bonchev–Trinajstić information content (AvgIpc) is 3.09. The van der Waals surface area contributed by atoms with E-state index >= 15 is 0 Å². The van der Waals surface area contributed by atoms with Crippen LogP contribution in [0.15, 0.2) is 98.9 Å². The summed E-state index contributed by atoms with van der Waals surface area (Å²) in [6, 6.07) is 16.6. The number of amides is 2. The van der Waals surface area contributed by atoms with E-state index in [9.17, 15) is 53.3 Å². The Morgan fingerprint density at radius 1 is 0.627 bits per heavy atom. The molecule has 18 nitrogen and oxygen atoms in total. The summed E-state index contributed by atoms with van der Waals surface area (Å²) in [5.74, 6) is -1.87. The van der Waals surface area contributed by atoms with E-state index in [1.165, 1.54) is 37.3 Å². The minimum Gasteiger partial charge on any atom is -0.744 e. The summed E-state index contributed by atoms with van der Waals surface area (Å²) in [6.07, 6.45) is 1.93. The van der Waals surface area contributed by atoms with Gasteiger partial charge >= 0.3 is 94.7 Å². The van der Waals surface area contributed by atoms with Crippen LogP contribution in [0.5, 0.6) is 0 Å². The second kappa shape index (κ2) is 19.6. The number of Topliss-reactive ketones (excluding diaryl/α,β-unsaturated/α-hetero) is 2. The molecule has 0 fully saturated rings. The third kappa shape index (κ3) is 11.5. The summed E-state index contributed by atoms with van der Waals surface area (Å²) in [6.45, 7) is 3.17. The molecule has 0 saturated carbocycles. The van der Waals surface area contributed by atoms with E-state index < -0.39 is 74.1 Å². The normalized spacial score (nSPS) is 14.9. The first kappa shape index (κ1) is 50.0. The zero-order valence-electron chi connectivity index (χ0n) is 31.7. The fourth-order valence-electron chi connectivity index (χ4n) is 5.63. The van der Waals surface area contributed by atoms with E-state index in [0.717, 1.165) is 42.0 Å². The summed E-state index contributed by atoms with van der Waals surface area (Å²) in [7, 11) is -15.3. The summed E-state index contributed by atoms with van der Waals surface area (Å²) in [4.78, 5) is 37.0. The van der Waals surface area contributed by atoms with Gasteiger partial charge in [0.2, 0.25) is 11.6 Å². The molecule has 0 radical (unpaired) electrons. The standard InChI is InChI=1S/C35H28N6O12S3.3Na/c1-18-5-3-4-6-27(18)38-41-32-30(55(48,49)50)17-21-15-22(7-10-25(21)33(32)43)36-35(44)37-23-8-11-26-20(14-23)16-29(42)31(34(26)56(51,52)53)40-39-28-12-9-24(13-19(28)2)54(45,46)47;;;/h3-17,38-39H,1-2H3,(H2,36,37,44)(H,45,46,47)(H,48,49,50)(H,51,52,53);;;/q;3*+1/p-3/b40-31-,41-32+;;;. The van der Waals surface area contributed by atoms with Crippen molar-refractivity contribution in [3.05, 3.63) is 116 Å². The molecule has 4 aromatic rings. The van der Waals surface area contributed by atoms with Crippen LogP contribution in [0, 0.1) is 13.8 Å². The van der Waals surface area contributed by atoms with Gasteiger partial charge in [0.25, 0.3) is 0 Å². The number of para-hydroxylation sites is 1. The van der Waals surface area contributed by atoms with Crippen LogP contribution in [0.1, 0.15) is 27.0 Å². The quantitative estimate of drug-likeness (QED) is 0.0691. The number of anilines is 4. The number of urea groups is 1. The van der Waals surface area contributed by atoms with Gasteiger partial charge in [-0.2, -0.15) is 10.2 Å². The number of hydrogen-bond donors (Lipinski definition) is 4. The average molecular weight is 887 g/mol. The second-order valence-electron chi connectivity index (χ2n) is 12.2. The monoisotopic (exact) mass is 886 g/mol. The zero-order valence-corrected chi connectivity index (χ0v) is 40.1. The van der Waals surface area contributed by atoms with Crippen molar-refractivity contribution in [3.8, 4) is 0 Å². The Morgan fingerprint density at radius 2 is 1.22 bits per heavy atom. The summed E-state index contributed by atoms with van der Waals surface area (Å²) >= 11 is 0. The number of aryl methyl sites for hydroxylation is 2. The predicted octanol–water partition coefficient (Wildman–Crippen LogP) is -7.10. The molecule has 0 heterocycles. The van der Waals surface area contributed by atoms with Gasteiger partial charge in [-0.25, -0.2) is 30.0 Å². The van der Waals surface area contributed by atoms with Crippen molar-refractivity contribution in [1.82, 2.24) is 0 Å². The number of benzene rings is 4. The molecule has 0 unspecified atom stereocenters. The molecular formula is C35H25N6Na3O12S3. The maximum Gasteiger partial charge on any atom is 1.00 e. The first-order valence-electron chi connectivity index (χ1n) is 15.8. The number of hydrazone groups is 2. The predicted molar refractivity (Wildman–Crippen MR) is 202 cm³/mol. The van der Waals surface area contributed by atoms with Gasteiger partial charge in [-0.15, -0.1) is 0 Å². The molecule has 4 N–H and O–H groups in total. The van der Waals surface area contributed by atoms with Gasteiger partial charge in [0, 0.05) is 22.2 Å². The van der Waals surface area contributed by atoms with Gasteiger partial charge in [-0.05, 0) is 103 Å². The first-order chi connectivity index (χ1) is 26.2. The summed E-state index contributed by atoms with van der Waals surface area (Å²) < 4.78 is 108. The maximum absolute atomic E-state index is 13.3. The minimum atomic E-state index is -5.35. The number of fused-ring (bicyclic) bond motifs is 2. The molecule has 0 bridgehead atoms. The van der Waals surface area contributed by atoms with Crippen LogP contribution in [0.4, 0.5) is 27.5 Å². The van der Waals surface area contributed by atoms with Crippen molar-refractivity contribution >= 4 is 99.2 Å². The molecule has 2 amide bonds. The number of rotatable bonds is 9. The third-order valence-electron chi connectivity index (χ3n) is 8.31. The van der Waals surface area contributed by atoms with Crippen LogP contribution in [0.2, 0.25) is 0 Å². The molecule has 0 aromatic heterocycles. The van der Waals surface area contributed by atoms with Crippen molar-refractivity contribution in [1.29, 1.82) is 0 Å². The van der Waals surface area contributed by atoms with Gasteiger partial charge < -0.3 is 24.3 Å². The molecule has 0 aliphatic heterocycles. The van der Waals surface area contributed by atoms with Gasteiger partial charge in [-0.3, -0.25) is 20.4 Å². The molecule has 0 atom stereocenters. The molecule has 24 heteroatoms. The van der Waals surface area contributed by atoms with Crippen LogP contribution < -0.4 is 121 Å². The van der Waals surface area contributed by atoms with Gasteiger partial charge in [0.05, 0.1) is 26.1 Å². The fraction of sp³-hybridized carbons (Fsp3) is 0.0571. The van der Waals surface area contributed by atoms with Crippen LogP contribution in [0.25, 0.3) is 17.1 Å². The second-order valence-corrected chi connectivity index (χ2v) is 16.2. The van der Waals surface area contributed by atoms with Gasteiger partial charge in [0.1, 0.15) is 41.8 Å². The summed E-state index contributed by atoms with van der Waals surface area (Å²) in [5, 5.41) is 12.4. The minimum absolute atomic E-state index is 0. The van der Waals surface area contributed by atoms with E-state index in [1.54, 1.807) is 31.2 Å². The smallest absolute Gasteiger partial charge is 0.744 e.